The molecule has 2 N–H and O–H groups in total. The number of piperidine rings is 1. The summed E-state index contributed by atoms with van der Waals surface area (Å²) in [5, 5.41) is 2.94. The summed E-state index contributed by atoms with van der Waals surface area (Å²) < 4.78 is 53.7. The van der Waals surface area contributed by atoms with Crippen LogP contribution in [-0.2, 0) is 11.3 Å². The van der Waals surface area contributed by atoms with Gasteiger partial charge in [0.2, 0.25) is 5.88 Å². The number of hydrogen-bond donors (Lipinski definition) is 2. The van der Waals surface area contributed by atoms with E-state index < -0.39 is 29.1 Å². The summed E-state index contributed by atoms with van der Waals surface area (Å²) >= 11 is 0. The normalized spacial score (nSPS) is 15.4. The van der Waals surface area contributed by atoms with Crippen molar-refractivity contribution in [3.63, 3.8) is 0 Å². The van der Waals surface area contributed by atoms with Crippen LogP contribution in [0.5, 0.6) is 5.88 Å². The van der Waals surface area contributed by atoms with Crippen molar-refractivity contribution >= 4 is 22.8 Å². The molecule has 0 bridgehead atoms. The fourth-order valence-corrected chi connectivity index (χ4v) is 5.25. The number of halogens is 3. The van der Waals surface area contributed by atoms with Crippen LogP contribution in [0.2, 0.25) is 0 Å². The molecule has 40 heavy (non-hydrogen) atoms. The van der Waals surface area contributed by atoms with E-state index in [2.05, 4.69) is 25.2 Å². The van der Waals surface area contributed by atoms with E-state index in [1.165, 1.54) is 12.1 Å². The van der Waals surface area contributed by atoms with Crippen LogP contribution in [0.1, 0.15) is 39.2 Å². The number of nitrogens with zero attached hydrogens (tertiary/aromatic N) is 3. The number of hydrogen-bond acceptors (Lipinski definition) is 6. The number of carbonyl (C=O) groups is 1. The minimum absolute atomic E-state index is 0.0923. The van der Waals surface area contributed by atoms with Crippen molar-refractivity contribution in [2.75, 3.05) is 18.0 Å². The third-order valence-electron chi connectivity index (χ3n) is 7.03. The van der Waals surface area contributed by atoms with Gasteiger partial charge in [0.15, 0.2) is 11.6 Å². The molecule has 8 nitrogen and oxygen atoms in total. The van der Waals surface area contributed by atoms with Crippen molar-refractivity contribution in [2.45, 2.75) is 51.9 Å². The zero-order valence-electron chi connectivity index (χ0n) is 22.3. The molecule has 4 heterocycles. The molecule has 11 heteroatoms. The Morgan fingerprint density at radius 3 is 2.60 bits per heavy atom. The van der Waals surface area contributed by atoms with Gasteiger partial charge in [-0.2, -0.15) is 0 Å². The molecule has 0 radical (unpaired) electrons. The minimum Gasteiger partial charge on any atom is -0.472 e. The Morgan fingerprint density at radius 1 is 1.10 bits per heavy atom. The molecule has 1 saturated heterocycles. The Hall–Kier alpha value is -4.28. The average molecular weight is 552 g/mol. The van der Waals surface area contributed by atoms with Crippen molar-refractivity contribution in [3.05, 3.63) is 59.5 Å². The minimum atomic E-state index is -0.994. The lowest BCUT2D eigenvalue weighted by molar-refractivity contribution is 0.0497. The molecule has 2 aliphatic heterocycles. The molecule has 4 aromatic rings. The molecule has 6 rings (SSSR count). The first-order valence-electron chi connectivity index (χ1n) is 13.1. The zero-order chi connectivity index (χ0) is 28.2. The van der Waals surface area contributed by atoms with E-state index in [0.29, 0.717) is 65.5 Å². The van der Waals surface area contributed by atoms with Crippen molar-refractivity contribution in [2.24, 2.45) is 0 Å². The van der Waals surface area contributed by atoms with E-state index in [-0.39, 0.29) is 18.2 Å². The van der Waals surface area contributed by atoms with Gasteiger partial charge < -0.3 is 24.7 Å². The fraction of sp³-hybridized carbons (Fsp3) is 0.345. The summed E-state index contributed by atoms with van der Waals surface area (Å²) in [6, 6.07) is 6.55. The van der Waals surface area contributed by atoms with Crippen LogP contribution >= 0.6 is 0 Å². The molecule has 0 aliphatic carbocycles. The zero-order valence-corrected chi connectivity index (χ0v) is 22.3. The number of imidazole rings is 1. The number of pyridine rings is 1. The van der Waals surface area contributed by atoms with E-state index in [9.17, 15) is 18.0 Å². The lowest BCUT2D eigenvalue weighted by Crippen LogP contribution is -2.46. The highest BCUT2D eigenvalue weighted by Crippen LogP contribution is 2.47. The Bertz CT molecular complexity index is 1580. The number of fused-ring (bicyclic) bond motifs is 4. The van der Waals surface area contributed by atoms with Gasteiger partial charge in [0.25, 0.3) is 0 Å². The van der Waals surface area contributed by atoms with Gasteiger partial charge in [-0.15, -0.1) is 0 Å². The van der Waals surface area contributed by atoms with E-state index >= 15 is 0 Å². The lowest BCUT2D eigenvalue weighted by Gasteiger charge is -2.37. The molecule has 0 unspecified atom stereocenters. The summed E-state index contributed by atoms with van der Waals surface area (Å²) in [6.45, 7) is 6.79. The average Bonchev–Trinajstić information content (AvgIpc) is 3.29. The number of aromatic amines is 1. The van der Waals surface area contributed by atoms with Crippen molar-refractivity contribution < 1.29 is 27.4 Å². The second kappa shape index (κ2) is 9.72. The Kier molecular flexibility index (Phi) is 6.31. The highest BCUT2D eigenvalue weighted by atomic mass is 19.2. The van der Waals surface area contributed by atoms with Crippen molar-refractivity contribution in [1.29, 1.82) is 0 Å². The molecule has 2 aliphatic rings. The molecular weight excluding hydrogens is 523 g/mol. The number of aromatic nitrogens is 3. The predicted molar refractivity (Wildman–Crippen MR) is 144 cm³/mol. The topological polar surface area (TPSA) is 92.4 Å². The van der Waals surface area contributed by atoms with Crippen LogP contribution in [0.4, 0.5) is 23.7 Å². The van der Waals surface area contributed by atoms with Crippen LogP contribution in [-0.4, -0.2) is 45.8 Å². The first kappa shape index (κ1) is 26.0. The monoisotopic (exact) mass is 551 g/mol. The number of amides is 1. The first-order chi connectivity index (χ1) is 19.1. The molecule has 0 spiro atoms. The van der Waals surface area contributed by atoms with Crippen LogP contribution in [0.15, 0.2) is 36.5 Å². The van der Waals surface area contributed by atoms with Crippen LogP contribution in [0.3, 0.4) is 0 Å². The number of alkyl carbamates (subject to hydrolysis) is 1. The summed E-state index contributed by atoms with van der Waals surface area (Å²) in [4.78, 5) is 26.6. The third-order valence-corrected chi connectivity index (χ3v) is 7.03. The Morgan fingerprint density at radius 2 is 1.85 bits per heavy atom. The third kappa shape index (κ3) is 4.91. The van der Waals surface area contributed by atoms with Crippen LogP contribution < -0.4 is 15.0 Å². The van der Waals surface area contributed by atoms with Gasteiger partial charge in [0.1, 0.15) is 23.8 Å². The smallest absolute Gasteiger partial charge is 0.407 e. The maximum absolute atomic E-state index is 14.5. The van der Waals surface area contributed by atoms with Gasteiger partial charge in [0, 0.05) is 37.5 Å². The van der Waals surface area contributed by atoms with Gasteiger partial charge in [0.05, 0.1) is 27.8 Å². The number of benzene rings is 2. The van der Waals surface area contributed by atoms with Crippen LogP contribution in [0.25, 0.3) is 33.5 Å². The first-order valence-corrected chi connectivity index (χ1v) is 13.1. The molecule has 0 saturated carbocycles. The van der Waals surface area contributed by atoms with Gasteiger partial charge in [-0.3, -0.25) is 0 Å². The standard InChI is InChI=1S/C29H28F3N5O3/c1-29(2,3)40-28(38)34-17-6-8-37(9-7-17)25-19(26-35-22-11-20(31)21(32)12-23(22)36-26)13-33-27-24(25)18-10-16(30)5-4-15(18)14-39-27/h4-5,10-13,17H,6-9,14H2,1-3H3,(H,34,38)(H,35,36). The highest BCUT2D eigenvalue weighted by Gasteiger charge is 2.32. The Balaban J connectivity index is 1.41. The molecule has 0 atom stereocenters. The number of anilines is 1. The maximum atomic E-state index is 14.5. The lowest BCUT2D eigenvalue weighted by atomic mass is 9.93. The van der Waals surface area contributed by atoms with Gasteiger partial charge >= 0.3 is 6.09 Å². The molecular formula is C29H28F3N5O3. The van der Waals surface area contributed by atoms with E-state index in [0.717, 1.165) is 17.7 Å². The molecule has 2 aromatic heterocycles. The Labute approximate surface area is 228 Å². The predicted octanol–water partition coefficient (Wildman–Crippen LogP) is 6.10. The number of ether oxygens (including phenoxy) is 2. The summed E-state index contributed by atoms with van der Waals surface area (Å²) in [5.74, 6) is -1.64. The molecule has 1 amide bonds. The second-order valence-corrected chi connectivity index (χ2v) is 11.1. The number of nitrogens with one attached hydrogen (secondary N) is 2. The number of H-pyrrole nitrogens is 1. The number of rotatable bonds is 3. The maximum Gasteiger partial charge on any atom is 0.407 e. The number of carbonyl (C=O) groups excluding carboxylic acids is 1. The highest BCUT2D eigenvalue weighted by molar-refractivity contribution is 5.94. The quantitative estimate of drug-likeness (QED) is 0.320. The van der Waals surface area contributed by atoms with Gasteiger partial charge in [-0.1, -0.05) is 6.07 Å². The summed E-state index contributed by atoms with van der Waals surface area (Å²) in [7, 11) is 0. The van der Waals surface area contributed by atoms with Crippen molar-refractivity contribution in [3.8, 4) is 28.4 Å². The fourth-order valence-electron chi connectivity index (χ4n) is 5.25. The van der Waals surface area contributed by atoms with Gasteiger partial charge in [-0.05, 0) is 56.9 Å². The van der Waals surface area contributed by atoms with E-state index in [1.54, 1.807) is 12.3 Å². The molecule has 208 valence electrons. The van der Waals surface area contributed by atoms with Crippen molar-refractivity contribution in [1.82, 2.24) is 20.3 Å². The van der Waals surface area contributed by atoms with Crippen LogP contribution in [0, 0.1) is 17.5 Å². The molecule has 2 aromatic carbocycles. The summed E-state index contributed by atoms with van der Waals surface area (Å²) in [6.07, 6.45) is 2.40. The van der Waals surface area contributed by atoms with E-state index in [1.807, 2.05) is 20.8 Å². The molecule has 1 fully saturated rings. The second-order valence-electron chi connectivity index (χ2n) is 11.1. The largest absolute Gasteiger partial charge is 0.472 e. The summed E-state index contributed by atoms with van der Waals surface area (Å²) in [5.41, 5.74) is 3.38. The van der Waals surface area contributed by atoms with Gasteiger partial charge in [-0.25, -0.2) is 27.9 Å². The van der Waals surface area contributed by atoms with E-state index in [4.69, 9.17) is 9.47 Å². The SMILES string of the molecule is CC(C)(C)OC(=O)NC1CCN(c2c(-c3nc4cc(F)c(F)cc4[nH]3)cnc3c2-c2cc(F)ccc2CO3)CC1.